The number of thiazole rings is 1. The van der Waals surface area contributed by atoms with Gasteiger partial charge < -0.3 is 26.2 Å². The monoisotopic (exact) mass is 640 g/mol. The van der Waals surface area contributed by atoms with Gasteiger partial charge in [-0.3, -0.25) is 14.1 Å². The number of nitrogen functional groups attached to an aromatic ring is 1. The van der Waals surface area contributed by atoms with Gasteiger partial charge in [0.05, 0.1) is 36.5 Å². The molecule has 2 aromatic rings. The zero-order chi connectivity index (χ0) is 31.5. The second kappa shape index (κ2) is 12.8. The molecule has 17 nitrogen and oxygen atoms in total. The standard InChI is InChI=1S/C24H32N8O9S2/c1-2-15(33)6-4-13(25)3-5-14-10-27-31(29-14)11-18-16(21(35)32(18)43(38,39)40)9-19(34)20(17-12-42-23(26)28-17)30-41-24(7-8-24)22(36)37/h10,12,15-16,18,25,33H,2-9,11H2,1H3,(H2,26,28)(H,36,37)(H,38,39,40)/b25-13?,30-20-/t15?,16-,18+/m0/s1. The van der Waals surface area contributed by atoms with Crippen molar-refractivity contribution in [1.29, 1.82) is 5.41 Å². The highest BCUT2D eigenvalue weighted by molar-refractivity contribution is 7.84. The van der Waals surface area contributed by atoms with Crippen molar-refractivity contribution < 1.29 is 42.4 Å². The second-order valence-electron chi connectivity index (χ2n) is 10.4. The summed E-state index contributed by atoms with van der Waals surface area (Å²) in [6.07, 6.45) is 3.02. The second-order valence-corrected chi connectivity index (χ2v) is 12.6. The number of anilines is 1. The van der Waals surface area contributed by atoms with Crippen LogP contribution >= 0.6 is 11.3 Å². The number of ketones is 1. The number of hydrogen-bond acceptors (Lipinski definition) is 14. The Hall–Kier alpha value is -3.81. The van der Waals surface area contributed by atoms with Crippen LogP contribution in [0, 0.1) is 11.3 Å². The largest absolute Gasteiger partial charge is 0.478 e. The Bertz CT molecular complexity index is 1530. The van der Waals surface area contributed by atoms with E-state index in [-0.39, 0.29) is 40.2 Å². The highest BCUT2D eigenvalue weighted by atomic mass is 32.2. The number of nitrogens with two attached hydrogens (primary N) is 1. The lowest BCUT2D eigenvalue weighted by Gasteiger charge is -2.43. The molecule has 3 atom stereocenters. The van der Waals surface area contributed by atoms with Gasteiger partial charge >= 0.3 is 16.3 Å². The predicted molar refractivity (Wildman–Crippen MR) is 151 cm³/mol. The van der Waals surface area contributed by atoms with E-state index in [4.69, 9.17) is 16.0 Å². The Morgan fingerprint density at radius 1 is 1.35 bits per heavy atom. The van der Waals surface area contributed by atoms with Crippen LogP contribution in [0.15, 0.2) is 16.7 Å². The minimum atomic E-state index is -4.98. The third-order valence-corrected chi connectivity index (χ3v) is 8.88. The molecule has 1 aliphatic carbocycles. The maximum atomic E-state index is 13.3. The molecular formula is C24H32N8O9S2. The van der Waals surface area contributed by atoms with Crippen LogP contribution in [0.2, 0.25) is 0 Å². The third kappa shape index (κ3) is 7.59. The molecule has 3 heterocycles. The van der Waals surface area contributed by atoms with Crippen molar-refractivity contribution in [2.45, 2.75) is 82.6 Å². The summed E-state index contributed by atoms with van der Waals surface area (Å²) in [6, 6.07) is -1.23. The number of aryl methyl sites for hydroxylation is 1. The van der Waals surface area contributed by atoms with Crippen molar-refractivity contribution in [2.24, 2.45) is 11.1 Å². The maximum Gasteiger partial charge on any atom is 0.362 e. The first-order valence-electron chi connectivity index (χ1n) is 13.4. The van der Waals surface area contributed by atoms with Gasteiger partial charge in [-0.25, -0.2) is 14.1 Å². The van der Waals surface area contributed by atoms with Gasteiger partial charge in [0.1, 0.15) is 5.69 Å². The number of aliphatic hydroxyl groups excluding tert-OH is 1. The quantitative estimate of drug-likeness (QED) is 0.0681. The number of carboxylic acid groups (broad SMARTS) is 1. The molecule has 234 valence electrons. The first kappa shape index (κ1) is 32.1. The fraction of sp³-hybridized carbons (Fsp3) is 0.583. The van der Waals surface area contributed by atoms with Gasteiger partial charge in [-0.1, -0.05) is 12.1 Å². The highest BCUT2D eigenvalue weighted by Crippen LogP contribution is 2.40. The van der Waals surface area contributed by atoms with E-state index >= 15 is 0 Å². The van der Waals surface area contributed by atoms with Gasteiger partial charge in [-0.15, -0.1) is 11.3 Å². The van der Waals surface area contributed by atoms with Crippen molar-refractivity contribution in [3.63, 3.8) is 0 Å². The lowest BCUT2D eigenvalue weighted by atomic mass is 9.84. The molecular weight excluding hydrogens is 608 g/mol. The third-order valence-electron chi connectivity index (χ3n) is 7.26. The summed E-state index contributed by atoms with van der Waals surface area (Å²) in [5, 5.41) is 40.8. The minimum Gasteiger partial charge on any atom is -0.478 e. The molecule has 0 aromatic carbocycles. The zero-order valence-corrected chi connectivity index (χ0v) is 24.8. The van der Waals surface area contributed by atoms with E-state index in [0.29, 0.717) is 43.5 Å². The van der Waals surface area contributed by atoms with Crippen LogP contribution in [0.25, 0.3) is 0 Å². The van der Waals surface area contributed by atoms with Gasteiger partial charge in [0, 0.05) is 30.4 Å². The summed E-state index contributed by atoms with van der Waals surface area (Å²) < 4.78 is 33.9. The molecule has 1 aliphatic heterocycles. The molecule has 43 heavy (non-hydrogen) atoms. The smallest absolute Gasteiger partial charge is 0.362 e. The number of aliphatic hydroxyl groups is 1. The first-order valence-corrected chi connectivity index (χ1v) is 15.7. The van der Waals surface area contributed by atoms with Crippen LogP contribution in [0.3, 0.4) is 0 Å². The summed E-state index contributed by atoms with van der Waals surface area (Å²) in [5.41, 5.74) is 4.66. The van der Waals surface area contributed by atoms with E-state index < -0.39 is 58.0 Å². The molecule has 1 saturated heterocycles. The Kier molecular flexibility index (Phi) is 9.57. The van der Waals surface area contributed by atoms with Crippen molar-refractivity contribution in [3.8, 4) is 0 Å². The fourth-order valence-electron chi connectivity index (χ4n) is 4.46. The summed E-state index contributed by atoms with van der Waals surface area (Å²) in [6.45, 7) is 1.58. The van der Waals surface area contributed by atoms with E-state index in [1.54, 1.807) is 0 Å². The van der Waals surface area contributed by atoms with Gasteiger partial charge in [0.15, 0.2) is 16.6 Å². The number of oxime groups is 1. The lowest BCUT2D eigenvalue weighted by Crippen LogP contribution is -2.64. The Labute approximate surface area is 250 Å². The number of aliphatic carboxylic acids is 1. The number of nitrogens with zero attached hydrogens (tertiary/aromatic N) is 6. The van der Waals surface area contributed by atoms with Gasteiger partial charge in [-0.05, 0) is 32.1 Å². The Morgan fingerprint density at radius 2 is 2.07 bits per heavy atom. The molecule has 2 aliphatic rings. The van der Waals surface area contributed by atoms with E-state index in [2.05, 4.69) is 20.3 Å². The lowest BCUT2D eigenvalue weighted by molar-refractivity contribution is -0.153. The zero-order valence-electron chi connectivity index (χ0n) is 23.1. The molecule has 6 N–H and O–H groups in total. The molecule has 1 saturated carbocycles. The van der Waals surface area contributed by atoms with Crippen LogP contribution in [0.5, 0.6) is 0 Å². The van der Waals surface area contributed by atoms with Crippen LogP contribution < -0.4 is 5.73 Å². The summed E-state index contributed by atoms with van der Waals surface area (Å²) in [7, 11) is -4.98. The van der Waals surface area contributed by atoms with Gasteiger partial charge in [-0.2, -0.15) is 23.4 Å². The molecule has 0 bridgehead atoms. The predicted octanol–water partition coefficient (Wildman–Crippen LogP) is 0.447. The SMILES string of the molecule is CCC(O)CCC(=N)CCc1cnn(C[C@@H]2[C@H](CC(=O)/C(=N\OC3(C(=O)O)CC3)c3csc(N)n3)C(=O)N2S(=O)(=O)O)n1. The highest BCUT2D eigenvalue weighted by Gasteiger charge is 2.56. The number of carboxylic acids is 1. The van der Waals surface area contributed by atoms with E-state index in [9.17, 15) is 37.6 Å². The van der Waals surface area contributed by atoms with Crippen LogP contribution in [-0.4, -0.2) is 94.3 Å². The van der Waals surface area contributed by atoms with Crippen molar-refractivity contribution in [3.05, 3.63) is 23.0 Å². The number of aromatic nitrogens is 4. The number of Topliss-reactive ketones (excluding diaryl/α,β-unsaturated/α-hetero) is 1. The molecule has 1 amide bonds. The average molecular weight is 641 g/mol. The molecule has 0 radical (unpaired) electrons. The number of rotatable bonds is 17. The molecule has 2 fully saturated rings. The van der Waals surface area contributed by atoms with Crippen LogP contribution in [0.1, 0.15) is 63.3 Å². The first-order chi connectivity index (χ1) is 20.2. The summed E-state index contributed by atoms with van der Waals surface area (Å²) >= 11 is 0.993. The van der Waals surface area contributed by atoms with Gasteiger partial charge in [0.2, 0.25) is 11.5 Å². The molecule has 2 aromatic heterocycles. The number of hydrogen-bond donors (Lipinski definition) is 5. The number of amides is 1. The number of carbonyl (C=O) groups is 3. The molecule has 4 rings (SSSR count). The fourth-order valence-corrected chi connectivity index (χ4v) is 5.92. The topological polar surface area (TPSA) is 264 Å². The summed E-state index contributed by atoms with van der Waals surface area (Å²) in [5.74, 6) is -4.29. The minimum absolute atomic E-state index is 0.00296. The van der Waals surface area contributed by atoms with E-state index in [1.807, 2.05) is 6.92 Å². The normalized spacial score (nSPS) is 20.4. The van der Waals surface area contributed by atoms with Crippen LogP contribution in [-0.2, 0) is 42.5 Å². The van der Waals surface area contributed by atoms with Crippen molar-refractivity contribution in [2.75, 3.05) is 5.73 Å². The number of nitrogens with one attached hydrogen (secondary N) is 1. The van der Waals surface area contributed by atoms with Crippen molar-refractivity contribution >= 4 is 55.9 Å². The van der Waals surface area contributed by atoms with Crippen molar-refractivity contribution in [1.82, 2.24) is 24.3 Å². The maximum absolute atomic E-state index is 13.3. The van der Waals surface area contributed by atoms with Crippen LogP contribution in [0.4, 0.5) is 5.13 Å². The molecule has 19 heteroatoms. The Morgan fingerprint density at radius 3 is 2.65 bits per heavy atom. The Balaban J connectivity index is 1.46. The number of carbonyl (C=O) groups excluding carboxylic acids is 2. The van der Waals surface area contributed by atoms with E-state index in [1.165, 1.54) is 11.6 Å². The number of β-lactam (4-membered cyclic amide) rings is 1. The molecule has 1 unspecified atom stereocenters. The summed E-state index contributed by atoms with van der Waals surface area (Å²) in [4.78, 5) is 48.0. The molecule has 0 spiro atoms. The average Bonchev–Trinajstić information content (AvgIpc) is 3.41. The van der Waals surface area contributed by atoms with E-state index in [0.717, 1.165) is 16.1 Å². The van der Waals surface area contributed by atoms with Gasteiger partial charge in [0.25, 0.3) is 0 Å².